The van der Waals surface area contributed by atoms with Crippen molar-refractivity contribution in [3.63, 3.8) is 0 Å². The molecule has 4 heteroatoms. The van der Waals surface area contributed by atoms with Crippen molar-refractivity contribution in [2.75, 3.05) is 26.2 Å². The smallest absolute Gasteiger partial charge is 0.225 e. The van der Waals surface area contributed by atoms with Gasteiger partial charge in [-0.25, -0.2) is 0 Å². The van der Waals surface area contributed by atoms with Gasteiger partial charge in [-0.15, -0.1) is 0 Å². The highest BCUT2D eigenvalue weighted by molar-refractivity contribution is 5.79. The largest absolute Gasteiger partial charge is 0.393 e. The normalized spacial score (nSPS) is 25.5. The number of carbonyl (C=O) groups is 1. The summed E-state index contributed by atoms with van der Waals surface area (Å²) in [5, 5.41) is 12.6. The molecule has 0 aliphatic carbocycles. The number of piperidine rings is 2. The Morgan fingerprint density at radius 2 is 1.73 bits per heavy atom. The summed E-state index contributed by atoms with van der Waals surface area (Å²) in [6.07, 6.45) is 3.24. The van der Waals surface area contributed by atoms with Crippen molar-refractivity contribution < 1.29 is 9.90 Å². The molecule has 2 aliphatic rings. The molecule has 0 aromatic carbocycles. The molecule has 86 valence electrons. The number of hydrogen-bond donors (Lipinski definition) is 2. The molecule has 0 atom stereocenters. The van der Waals surface area contributed by atoms with Gasteiger partial charge in [0.05, 0.1) is 6.10 Å². The molecule has 2 N–H and O–H groups in total. The molecule has 0 bridgehead atoms. The Hall–Kier alpha value is -0.610. The van der Waals surface area contributed by atoms with Crippen LogP contribution in [0.25, 0.3) is 0 Å². The van der Waals surface area contributed by atoms with Gasteiger partial charge in [-0.05, 0) is 38.8 Å². The van der Waals surface area contributed by atoms with E-state index in [4.69, 9.17) is 0 Å². The summed E-state index contributed by atoms with van der Waals surface area (Å²) in [6.45, 7) is 3.41. The fourth-order valence-corrected chi connectivity index (χ4v) is 2.41. The first kappa shape index (κ1) is 10.9. The van der Waals surface area contributed by atoms with Crippen LogP contribution < -0.4 is 5.32 Å². The zero-order chi connectivity index (χ0) is 10.7. The Bertz CT molecular complexity index is 219. The average Bonchev–Trinajstić information content (AvgIpc) is 2.30. The van der Waals surface area contributed by atoms with E-state index in [2.05, 4.69) is 5.32 Å². The number of amides is 1. The molecule has 0 spiro atoms. The molecule has 0 unspecified atom stereocenters. The van der Waals surface area contributed by atoms with Crippen molar-refractivity contribution in [3.05, 3.63) is 0 Å². The minimum atomic E-state index is -0.193. The molecule has 1 amide bonds. The maximum absolute atomic E-state index is 12.1. The van der Waals surface area contributed by atoms with Gasteiger partial charge >= 0.3 is 0 Å². The SMILES string of the molecule is O=C(C1CCNCC1)N1CCC(O)CC1. The van der Waals surface area contributed by atoms with Crippen molar-refractivity contribution in [1.82, 2.24) is 10.2 Å². The van der Waals surface area contributed by atoms with Gasteiger partial charge in [0, 0.05) is 19.0 Å². The molecule has 0 aromatic rings. The molecule has 2 rings (SSSR count). The maximum atomic E-state index is 12.1. The number of nitrogens with zero attached hydrogens (tertiary/aromatic N) is 1. The number of aliphatic hydroxyl groups excluding tert-OH is 1. The first-order chi connectivity index (χ1) is 7.27. The van der Waals surface area contributed by atoms with Crippen LogP contribution in [-0.2, 0) is 4.79 Å². The van der Waals surface area contributed by atoms with E-state index >= 15 is 0 Å². The van der Waals surface area contributed by atoms with E-state index in [0.717, 1.165) is 51.9 Å². The molecular weight excluding hydrogens is 192 g/mol. The molecule has 2 aliphatic heterocycles. The lowest BCUT2D eigenvalue weighted by Crippen LogP contribution is -2.45. The van der Waals surface area contributed by atoms with Crippen molar-refractivity contribution in [1.29, 1.82) is 0 Å². The van der Waals surface area contributed by atoms with Crippen LogP contribution in [0.4, 0.5) is 0 Å². The van der Waals surface area contributed by atoms with Crippen LogP contribution in [0.2, 0.25) is 0 Å². The Morgan fingerprint density at radius 1 is 1.13 bits per heavy atom. The summed E-state index contributed by atoms with van der Waals surface area (Å²) in [5.74, 6) is 0.532. The van der Waals surface area contributed by atoms with Crippen LogP contribution in [-0.4, -0.2) is 48.2 Å². The second-order valence-corrected chi connectivity index (χ2v) is 4.58. The zero-order valence-electron chi connectivity index (χ0n) is 9.11. The standard InChI is InChI=1S/C11H20N2O2/c14-10-3-7-13(8-4-10)11(15)9-1-5-12-6-2-9/h9-10,12,14H,1-8H2. The summed E-state index contributed by atoms with van der Waals surface area (Å²) in [4.78, 5) is 14.0. The van der Waals surface area contributed by atoms with Gasteiger partial charge in [0.15, 0.2) is 0 Å². The first-order valence-corrected chi connectivity index (χ1v) is 5.95. The van der Waals surface area contributed by atoms with Crippen LogP contribution in [0.15, 0.2) is 0 Å². The van der Waals surface area contributed by atoms with Crippen LogP contribution >= 0.6 is 0 Å². The average molecular weight is 212 g/mol. The van der Waals surface area contributed by atoms with Crippen molar-refractivity contribution in [2.45, 2.75) is 31.8 Å². The van der Waals surface area contributed by atoms with Crippen molar-refractivity contribution in [2.24, 2.45) is 5.92 Å². The second-order valence-electron chi connectivity index (χ2n) is 4.58. The van der Waals surface area contributed by atoms with Gasteiger partial charge in [-0.3, -0.25) is 4.79 Å². The minimum Gasteiger partial charge on any atom is -0.393 e. The highest BCUT2D eigenvalue weighted by Gasteiger charge is 2.28. The summed E-state index contributed by atoms with van der Waals surface area (Å²) in [5.41, 5.74) is 0. The number of rotatable bonds is 1. The van der Waals surface area contributed by atoms with E-state index in [1.807, 2.05) is 4.90 Å². The number of hydrogen-bond acceptors (Lipinski definition) is 3. The monoisotopic (exact) mass is 212 g/mol. The van der Waals surface area contributed by atoms with Gasteiger partial charge in [-0.1, -0.05) is 0 Å². The highest BCUT2D eigenvalue weighted by Crippen LogP contribution is 2.18. The zero-order valence-corrected chi connectivity index (χ0v) is 9.11. The van der Waals surface area contributed by atoms with Gasteiger partial charge in [0.1, 0.15) is 0 Å². The number of aliphatic hydroxyl groups is 1. The molecule has 4 nitrogen and oxygen atoms in total. The fourth-order valence-electron chi connectivity index (χ4n) is 2.41. The Balaban J connectivity index is 1.84. The third-order valence-electron chi connectivity index (χ3n) is 3.46. The van der Waals surface area contributed by atoms with Gasteiger partial charge < -0.3 is 15.3 Å². The molecular formula is C11H20N2O2. The quantitative estimate of drug-likeness (QED) is 0.642. The van der Waals surface area contributed by atoms with Gasteiger partial charge in [-0.2, -0.15) is 0 Å². The third kappa shape index (κ3) is 2.69. The molecule has 2 heterocycles. The van der Waals surface area contributed by atoms with Crippen molar-refractivity contribution in [3.8, 4) is 0 Å². The molecule has 2 saturated heterocycles. The van der Waals surface area contributed by atoms with E-state index in [9.17, 15) is 9.90 Å². The Labute approximate surface area is 90.6 Å². The van der Waals surface area contributed by atoms with Crippen LogP contribution in [0.1, 0.15) is 25.7 Å². The fraction of sp³-hybridized carbons (Fsp3) is 0.909. The predicted octanol–water partition coefficient (Wildman–Crippen LogP) is -0.0307. The molecule has 15 heavy (non-hydrogen) atoms. The lowest BCUT2D eigenvalue weighted by Gasteiger charge is -2.33. The van der Waals surface area contributed by atoms with Gasteiger partial charge in [0.2, 0.25) is 5.91 Å². The van der Waals surface area contributed by atoms with E-state index in [1.54, 1.807) is 0 Å². The summed E-state index contributed by atoms with van der Waals surface area (Å²) in [6, 6.07) is 0. The topological polar surface area (TPSA) is 52.6 Å². The van der Waals surface area contributed by atoms with Crippen LogP contribution in [0.3, 0.4) is 0 Å². The summed E-state index contributed by atoms with van der Waals surface area (Å²) < 4.78 is 0. The first-order valence-electron chi connectivity index (χ1n) is 5.95. The maximum Gasteiger partial charge on any atom is 0.225 e. The lowest BCUT2D eigenvalue weighted by molar-refractivity contribution is -0.138. The highest BCUT2D eigenvalue weighted by atomic mass is 16.3. The summed E-state index contributed by atoms with van der Waals surface area (Å²) >= 11 is 0. The molecule has 0 aromatic heterocycles. The molecule has 0 saturated carbocycles. The van der Waals surface area contributed by atoms with Crippen LogP contribution in [0, 0.1) is 5.92 Å². The second kappa shape index (κ2) is 4.94. The number of likely N-dealkylation sites (tertiary alicyclic amines) is 1. The molecule has 0 radical (unpaired) electrons. The van der Waals surface area contributed by atoms with Gasteiger partial charge in [0.25, 0.3) is 0 Å². The Morgan fingerprint density at radius 3 is 2.33 bits per heavy atom. The minimum absolute atomic E-state index is 0.193. The van der Waals surface area contributed by atoms with E-state index in [1.165, 1.54) is 0 Å². The van der Waals surface area contributed by atoms with E-state index < -0.39 is 0 Å². The lowest BCUT2D eigenvalue weighted by atomic mass is 9.95. The Kier molecular flexibility index (Phi) is 3.59. The predicted molar refractivity (Wildman–Crippen MR) is 57.4 cm³/mol. The third-order valence-corrected chi connectivity index (χ3v) is 3.46. The number of nitrogens with one attached hydrogen (secondary N) is 1. The van der Waals surface area contributed by atoms with Crippen LogP contribution in [0.5, 0.6) is 0 Å². The van der Waals surface area contributed by atoms with E-state index in [0.29, 0.717) is 5.91 Å². The van der Waals surface area contributed by atoms with E-state index in [-0.39, 0.29) is 12.0 Å². The molecule has 2 fully saturated rings. The number of carbonyl (C=O) groups excluding carboxylic acids is 1. The summed E-state index contributed by atoms with van der Waals surface area (Å²) in [7, 11) is 0. The van der Waals surface area contributed by atoms with Crippen molar-refractivity contribution >= 4 is 5.91 Å².